The SMILES string of the molecule is CCc1cc(C(=O)N2CCCCC2)nc2cc(-c3ccsc3)nn12. The van der Waals surface area contributed by atoms with Crippen LogP contribution in [-0.2, 0) is 6.42 Å². The Labute approximate surface area is 144 Å². The molecule has 6 heteroatoms. The number of likely N-dealkylation sites (tertiary alicyclic amines) is 1. The van der Waals surface area contributed by atoms with Crippen LogP contribution in [0.4, 0.5) is 0 Å². The van der Waals surface area contributed by atoms with E-state index in [1.165, 1.54) is 6.42 Å². The molecule has 0 aromatic carbocycles. The highest BCUT2D eigenvalue weighted by atomic mass is 32.1. The average Bonchev–Trinajstić information content (AvgIpc) is 3.30. The van der Waals surface area contributed by atoms with Crippen LogP contribution in [-0.4, -0.2) is 38.5 Å². The van der Waals surface area contributed by atoms with E-state index in [4.69, 9.17) is 0 Å². The molecule has 24 heavy (non-hydrogen) atoms. The molecule has 4 rings (SSSR count). The Kier molecular flexibility index (Phi) is 4.06. The molecule has 1 aliphatic rings. The number of fused-ring (bicyclic) bond motifs is 1. The van der Waals surface area contributed by atoms with Gasteiger partial charge in [0, 0.05) is 35.8 Å². The third kappa shape index (κ3) is 2.71. The van der Waals surface area contributed by atoms with Crippen LogP contribution < -0.4 is 0 Å². The fourth-order valence-corrected chi connectivity index (χ4v) is 3.86. The minimum atomic E-state index is 0.0465. The maximum Gasteiger partial charge on any atom is 0.272 e. The van der Waals surface area contributed by atoms with Gasteiger partial charge in [-0.3, -0.25) is 4.79 Å². The Balaban J connectivity index is 1.75. The lowest BCUT2D eigenvalue weighted by Gasteiger charge is -2.26. The molecule has 1 amide bonds. The largest absolute Gasteiger partial charge is 0.337 e. The van der Waals surface area contributed by atoms with Crippen molar-refractivity contribution in [3.8, 4) is 11.3 Å². The van der Waals surface area contributed by atoms with Crippen molar-refractivity contribution in [3.05, 3.63) is 40.3 Å². The van der Waals surface area contributed by atoms with Gasteiger partial charge in [-0.05, 0) is 43.2 Å². The molecule has 3 aromatic heterocycles. The molecule has 0 N–H and O–H groups in total. The number of aromatic nitrogens is 3. The lowest BCUT2D eigenvalue weighted by molar-refractivity contribution is 0.0718. The number of thiophene rings is 1. The van der Waals surface area contributed by atoms with Crippen LogP contribution in [0, 0.1) is 0 Å². The van der Waals surface area contributed by atoms with Crippen LogP contribution in [0.1, 0.15) is 42.4 Å². The second kappa shape index (κ2) is 6.36. The first kappa shape index (κ1) is 15.3. The lowest BCUT2D eigenvalue weighted by Crippen LogP contribution is -2.36. The van der Waals surface area contributed by atoms with Gasteiger partial charge in [0.05, 0.1) is 5.69 Å². The van der Waals surface area contributed by atoms with Crippen molar-refractivity contribution in [1.82, 2.24) is 19.5 Å². The standard InChI is InChI=1S/C18H20N4OS/c1-2-14-10-16(18(23)21-7-4-3-5-8-21)19-17-11-15(20-22(14)17)13-6-9-24-12-13/h6,9-12H,2-5,7-8H2,1H3. The van der Waals surface area contributed by atoms with Gasteiger partial charge in [-0.1, -0.05) is 6.92 Å². The second-order valence-electron chi connectivity index (χ2n) is 6.15. The number of nitrogens with zero attached hydrogens (tertiary/aromatic N) is 4. The predicted molar refractivity (Wildman–Crippen MR) is 95.4 cm³/mol. The molecule has 1 saturated heterocycles. The van der Waals surface area contributed by atoms with Gasteiger partial charge in [-0.15, -0.1) is 0 Å². The van der Waals surface area contributed by atoms with Crippen molar-refractivity contribution in [2.45, 2.75) is 32.6 Å². The van der Waals surface area contributed by atoms with Gasteiger partial charge in [-0.2, -0.15) is 16.4 Å². The van der Waals surface area contributed by atoms with Crippen LogP contribution in [0.3, 0.4) is 0 Å². The molecule has 0 unspecified atom stereocenters. The van der Waals surface area contributed by atoms with Crippen molar-refractivity contribution in [2.24, 2.45) is 0 Å². The van der Waals surface area contributed by atoms with E-state index in [0.717, 1.165) is 55.0 Å². The molecule has 124 valence electrons. The number of rotatable bonds is 3. The summed E-state index contributed by atoms with van der Waals surface area (Å²) in [5.74, 6) is 0.0465. The molecular weight excluding hydrogens is 320 g/mol. The number of hydrogen-bond acceptors (Lipinski definition) is 4. The zero-order chi connectivity index (χ0) is 16.5. The van der Waals surface area contributed by atoms with Crippen LogP contribution in [0.15, 0.2) is 29.0 Å². The summed E-state index contributed by atoms with van der Waals surface area (Å²) in [6.45, 7) is 3.76. The molecule has 0 aliphatic carbocycles. The van der Waals surface area contributed by atoms with E-state index in [0.29, 0.717) is 5.69 Å². The van der Waals surface area contributed by atoms with Gasteiger partial charge in [-0.25, -0.2) is 9.50 Å². The van der Waals surface area contributed by atoms with E-state index in [1.807, 2.05) is 26.9 Å². The summed E-state index contributed by atoms with van der Waals surface area (Å²) in [7, 11) is 0. The molecule has 4 heterocycles. The molecule has 0 atom stereocenters. The Morgan fingerprint density at radius 3 is 2.79 bits per heavy atom. The van der Waals surface area contributed by atoms with E-state index in [1.54, 1.807) is 11.3 Å². The minimum absolute atomic E-state index is 0.0465. The van der Waals surface area contributed by atoms with Gasteiger partial charge in [0.2, 0.25) is 0 Å². The third-order valence-corrected chi connectivity index (χ3v) is 5.23. The molecule has 1 aliphatic heterocycles. The maximum absolute atomic E-state index is 12.8. The zero-order valence-electron chi connectivity index (χ0n) is 13.7. The molecular formula is C18H20N4OS. The van der Waals surface area contributed by atoms with Gasteiger partial charge < -0.3 is 4.90 Å². The fourth-order valence-electron chi connectivity index (χ4n) is 3.21. The molecule has 0 bridgehead atoms. The van der Waals surface area contributed by atoms with Gasteiger partial charge >= 0.3 is 0 Å². The smallest absolute Gasteiger partial charge is 0.272 e. The normalized spacial score (nSPS) is 15.1. The first-order valence-electron chi connectivity index (χ1n) is 8.48. The molecule has 5 nitrogen and oxygen atoms in total. The van der Waals surface area contributed by atoms with E-state index in [2.05, 4.69) is 28.5 Å². The third-order valence-electron chi connectivity index (χ3n) is 4.54. The summed E-state index contributed by atoms with van der Waals surface area (Å²) in [5.41, 5.74) is 4.30. The van der Waals surface area contributed by atoms with Gasteiger partial charge in [0.25, 0.3) is 5.91 Å². The molecule has 3 aromatic rings. The minimum Gasteiger partial charge on any atom is -0.337 e. The average molecular weight is 340 g/mol. The number of carbonyl (C=O) groups excluding carboxylic acids is 1. The monoisotopic (exact) mass is 340 g/mol. The van der Waals surface area contributed by atoms with Gasteiger partial charge in [0.1, 0.15) is 5.69 Å². The number of carbonyl (C=O) groups is 1. The number of amides is 1. The summed E-state index contributed by atoms with van der Waals surface area (Å²) in [5, 5.41) is 8.79. The highest BCUT2D eigenvalue weighted by Gasteiger charge is 2.21. The fraction of sp³-hybridized carbons (Fsp3) is 0.389. The van der Waals surface area contributed by atoms with E-state index >= 15 is 0 Å². The van der Waals surface area contributed by atoms with Crippen LogP contribution in [0.5, 0.6) is 0 Å². The van der Waals surface area contributed by atoms with E-state index < -0.39 is 0 Å². The van der Waals surface area contributed by atoms with Crippen molar-refractivity contribution < 1.29 is 4.79 Å². The quantitative estimate of drug-likeness (QED) is 0.731. The van der Waals surface area contributed by atoms with Crippen molar-refractivity contribution >= 4 is 22.9 Å². The summed E-state index contributed by atoms with van der Waals surface area (Å²) in [6.07, 6.45) is 4.19. The first-order valence-corrected chi connectivity index (χ1v) is 9.42. The Morgan fingerprint density at radius 1 is 1.25 bits per heavy atom. The van der Waals surface area contributed by atoms with E-state index in [9.17, 15) is 4.79 Å². The Bertz CT molecular complexity index is 863. The van der Waals surface area contributed by atoms with Crippen LogP contribution in [0.2, 0.25) is 0 Å². The van der Waals surface area contributed by atoms with Crippen molar-refractivity contribution in [3.63, 3.8) is 0 Å². The molecule has 0 saturated carbocycles. The Morgan fingerprint density at radius 2 is 2.08 bits per heavy atom. The van der Waals surface area contributed by atoms with Crippen LogP contribution >= 0.6 is 11.3 Å². The number of hydrogen-bond donors (Lipinski definition) is 0. The molecule has 0 radical (unpaired) electrons. The lowest BCUT2D eigenvalue weighted by atomic mass is 10.1. The number of piperidine rings is 1. The van der Waals surface area contributed by atoms with Crippen LogP contribution in [0.25, 0.3) is 16.9 Å². The van der Waals surface area contributed by atoms with Crippen molar-refractivity contribution in [2.75, 3.05) is 13.1 Å². The predicted octanol–water partition coefficient (Wildman–Crippen LogP) is 3.65. The highest BCUT2D eigenvalue weighted by Crippen LogP contribution is 2.23. The maximum atomic E-state index is 12.8. The molecule has 0 spiro atoms. The first-order chi connectivity index (χ1) is 11.8. The summed E-state index contributed by atoms with van der Waals surface area (Å²) >= 11 is 1.65. The summed E-state index contributed by atoms with van der Waals surface area (Å²) in [4.78, 5) is 19.3. The highest BCUT2D eigenvalue weighted by molar-refractivity contribution is 7.08. The van der Waals surface area contributed by atoms with Crippen molar-refractivity contribution in [1.29, 1.82) is 0 Å². The number of aryl methyl sites for hydroxylation is 1. The van der Waals surface area contributed by atoms with Gasteiger partial charge in [0.15, 0.2) is 5.65 Å². The summed E-state index contributed by atoms with van der Waals surface area (Å²) in [6, 6.07) is 5.92. The van der Waals surface area contributed by atoms with E-state index in [-0.39, 0.29) is 5.91 Å². The summed E-state index contributed by atoms with van der Waals surface area (Å²) < 4.78 is 1.86. The zero-order valence-corrected chi connectivity index (χ0v) is 14.6. The second-order valence-corrected chi connectivity index (χ2v) is 6.93. The topological polar surface area (TPSA) is 50.5 Å². The Hall–Kier alpha value is -2.21. The molecule has 1 fully saturated rings.